The molecule has 0 aliphatic rings. The van der Waals surface area contributed by atoms with Gasteiger partial charge in [0.2, 0.25) is 6.29 Å². The number of hydrogen-bond donors (Lipinski definition) is 0. The Hall–Kier alpha value is -6.31. The maximum Gasteiger partial charge on any atom is 0.511 e. The van der Waals surface area contributed by atoms with Crippen LogP contribution in [-0.4, -0.2) is 54.3 Å². The first kappa shape index (κ1) is 34.5. The van der Waals surface area contributed by atoms with Gasteiger partial charge in [-0.15, -0.1) is 0 Å². The molecular formula is C37H36N6O8. The number of carbonyl (C=O) groups is 2. The molecule has 6 aromatic rings. The van der Waals surface area contributed by atoms with Crippen molar-refractivity contribution >= 4 is 23.2 Å². The van der Waals surface area contributed by atoms with Crippen molar-refractivity contribution in [1.82, 2.24) is 29.2 Å². The van der Waals surface area contributed by atoms with Crippen molar-refractivity contribution in [2.24, 2.45) is 7.05 Å². The van der Waals surface area contributed by atoms with Gasteiger partial charge in [-0.2, -0.15) is 4.98 Å². The Labute approximate surface area is 292 Å². The van der Waals surface area contributed by atoms with Crippen LogP contribution in [0.25, 0.3) is 33.5 Å². The van der Waals surface area contributed by atoms with E-state index in [4.69, 9.17) is 23.5 Å². The number of nitrogens with zero attached hydrogens (tertiary/aromatic N) is 6. The number of para-hydroxylation sites is 1. The summed E-state index contributed by atoms with van der Waals surface area (Å²) in [7, 11) is 1.61. The zero-order valence-corrected chi connectivity index (χ0v) is 29.0. The van der Waals surface area contributed by atoms with Gasteiger partial charge in [-0.1, -0.05) is 59.8 Å². The Bertz CT molecular complexity index is 2290. The SMILES string of the molecule is CCOc1nc2cccc(C(=O)OC(C)OC(=O)OCc3nc(C)c(C)nc3C)c2n1Cc1ccc(-c2ccccc2-c2noc(=O)n2C)cc1. The molecule has 3 aromatic heterocycles. The van der Waals surface area contributed by atoms with Crippen molar-refractivity contribution in [2.75, 3.05) is 6.61 Å². The predicted octanol–water partition coefficient (Wildman–Crippen LogP) is 6.08. The van der Waals surface area contributed by atoms with Gasteiger partial charge in [0.05, 0.1) is 52.5 Å². The third kappa shape index (κ3) is 7.34. The van der Waals surface area contributed by atoms with E-state index in [1.165, 1.54) is 11.5 Å². The fourth-order valence-corrected chi connectivity index (χ4v) is 5.57. The van der Waals surface area contributed by atoms with E-state index >= 15 is 0 Å². The van der Waals surface area contributed by atoms with E-state index in [9.17, 15) is 14.4 Å². The Kier molecular flexibility index (Phi) is 9.93. The fraction of sp³-hybridized carbons (Fsp3) is 0.270. The van der Waals surface area contributed by atoms with Crippen molar-refractivity contribution in [3.8, 4) is 28.5 Å². The highest BCUT2D eigenvalue weighted by atomic mass is 16.8. The van der Waals surface area contributed by atoms with Crippen LogP contribution >= 0.6 is 0 Å². The minimum Gasteiger partial charge on any atom is -0.465 e. The Balaban J connectivity index is 1.20. The first-order valence-electron chi connectivity index (χ1n) is 16.2. The number of ether oxygens (including phenoxy) is 4. The van der Waals surface area contributed by atoms with Crippen molar-refractivity contribution < 1.29 is 33.1 Å². The molecule has 0 spiro atoms. The Morgan fingerprint density at radius 3 is 2.29 bits per heavy atom. The molecule has 0 aliphatic carbocycles. The molecule has 1 unspecified atom stereocenters. The molecule has 3 heterocycles. The average Bonchev–Trinajstić information content (AvgIpc) is 3.63. The normalized spacial score (nSPS) is 11.7. The first-order valence-corrected chi connectivity index (χ1v) is 16.2. The highest BCUT2D eigenvalue weighted by molar-refractivity contribution is 6.02. The lowest BCUT2D eigenvalue weighted by Crippen LogP contribution is -2.23. The molecule has 51 heavy (non-hydrogen) atoms. The fourth-order valence-electron chi connectivity index (χ4n) is 5.57. The highest BCUT2D eigenvalue weighted by Crippen LogP contribution is 2.32. The summed E-state index contributed by atoms with van der Waals surface area (Å²) in [6.07, 6.45) is -2.28. The van der Waals surface area contributed by atoms with E-state index in [0.717, 1.165) is 33.6 Å². The van der Waals surface area contributed by atoms with Gasteiger partial charge in [-0.25, -0.2) is 14.4 Å². The van der Waals surface area contributed by atoms with Crippen LogP contribution in [0.15, 0.2) is 76.0 Å². The van der Waals surface area contributed by atoms with Crippen LogP contribution in [0.3, 0.4) is 0 Å². The molecule has 0 saturated heterocycles. The predicted molar refractivity (Wildman–Crippen MR) is 185 cm³/mol. The zero-order valence-electron chi connectivity index (χ0n) is 29.0. The van der Waals surface area contributed by atoms with E-state index in [-0.39, 0.29) is 12.2 Å². The number of aryl methyl sites for hydroxylation is 3. The summed E-state index contributed by atoms with van der Waals surface area (Å²) in [6, 6.07) is 20.9. The van der Waals surface area contributed by atoms with Gasteiger partial charge in [-0.05, 0) is 56.5 Å². The minimum atomic E-state index is -1.26. The number of benzene rings is 3. The van der Waals surface area contributed by atoms with E-state index < -0.39 is 24.2 Å². The Morgan fingerprint density at radius 1 is 0.863 bits per heavy atom. The number of rotatable bonds is 11. The monoisotopic (exact) mass is 692 g/mol. The summed E-state index contributed by atoms with van der Waals surface area (Å²) < 4.78 is 29.8. The van der Waals surface area contributed by atoms with Gasteiger partial charge < -0.3 is 18.9 Å². The molecule has 0 bridgehead atoms. The third-order valence-electron chi connectivity index (χ3n) is 8.24. The van der Waals surface area contributed by atoms with E-state index in [2.05, 4.69) is 20.1 Å². The number of hydrogen-bond acceptors (Lipinski definition) is 12. The summed E-state index contributed by atoms with van der Waals surface area (Å²) in [5.41, 5.74) is 7.31. The van der Waals surface area contributed by atoms with Crippen molar-refractivity contribution in [2.45, 2.75) is 54.1 Å². The lowest BCUT2D eigenvalue weighted by Gasteiger charge is -2.16. The van der Waals surface area contributed by atoms with Gasteiger partial charge in [0.1, 0.15) is 6.61 Å². The van der Waals surface area contributed by atoms with Gasteiger partial charge in [0, 0.05) is 19.5 Å². The van der Waals surface area contributed by atoms with Gasteiger partial charge in [0.25, 0.3) is 6.01 Å². The molecule has 1 atom stereocenters. The van der Waals surface area contributed by atoms with Gasteiger partial charge in [0.15, 0.2) is 5.82 Å². The quantitative estimate of drug-likeness (QED) is 0.114. The molecule has 262 valence electrons. The maximum atomic E-state index is 13.5. The van der Waals surface area contributed by atoms with Crippen LogP contribution < -0.4 is 10.5 Å². The van der Waals surface area contributed by atoms with Gasteiger partial charge >= 0.3 is 17.9 Å². The molecule has 3 aromatic carbocycles. The number of esters is 1. The van der Waals surface area contributed by atoms with Gasteiger partial charge in [-0.3, -0.25) is 23.6 Å². The highest BCUT2D eigenvalue weighted by Gasteiger charge is 2.24. The van der Waals surface area contributed by atoms with Crippen molar-refractivity contribution in [3.05, 3.63) is 111 Å². The second-order valence-corrected chi connectivity index (χ2v) is 11.7. The topological polar surface area (TPSA) is 163 Å². The van der Waals surface area contributed by atoms with Crippen LogP contribution in [0.5, 0.6) is 6.01 Å². The summed E-state index contributed by atoms with van der Waals surface area (Å²) in [6.45, 7) is 9.24. The molecule has 0 saturated carbocycles. The van der Waals surface area contributed by atoms with Crippen LogP contribution in [0.1, 0.15) is 52.5 Å². The van der Waals surface area contributed by atoms with Crippen LogP contribution in [-0.2, 0) is 34.4 Å². The lowest BCUT2D eigenvalue weighted by molar-refractivity contribution is -0.0835. The maximum absolute atomic E-state index is 13.5. The number of fused-ring (bicyclic) bond motifs is 1. The molecular weight excluding hydrogens is 656 g/mol. The van der Waals surface area contributed by atoms with E-state index in [1.54, 1.807) is 36.7 Å². The molecule has 0 aliphatic heterocycles. The average molecular weight is 693 g/mol. The molecule has 14 heteroatoms. The largest absolute Gasteiger partial charge is 0.511 e. The summed E-state index contributed by atoms with van der Waals surface area (Å²) in [4.78, 5) is 51.3. The molecule has 6 rings (SSSR count). The number of imidazole rings is 1. The number of carbonyl (C=O) groups excluding carboxylic acids is 2. The smallest absolute Gasteiger partial charge is 0.465 e. The number of aromatic nitrogens is 6. The molecule has 0 fully saturated rings. The van der Waals surface area contributed by atoms with E-state index in [1.807, 2.05) is 69.3 Å². The molecule has 14 nitrogen and oxygen atoms in total. The molecule has 0 N–H and O–H groups in total. The molecule has 0 amide bonds. The Morgan fingerprint density at radius 2 is 1.59 bits per heavy atom. The lowest BCUT2D eigenvalue weighted by atomic mass is 9.98. The summed E-state index contributed by atoms with van der Waals surface area (Å²) in [5, 5.41) is 3.96. The molecule has 0 radical (unpaired) electrons. The van der Waals surface area contributed by atoms with Crippen LogP contribution in [0.2, 0.25) is 0 Å². The summed E-state index contributed by atoms with van der Waals surface area (Å²) in [5.74, 6) is -0.852. The van der Waals surface area contributed by atoms with Crippen LogP contribution in [0, 0.1) is 20.8 Å². The second kappa shape index (κ2) is 14.7. The minimum absolute atomic E-state index is 0.145. The van der Waals surface area contributed by atoms with Crippen molar-refractivity contribution in [3.63, 3.8) is 0 Å². The summed E-state index contributed by atoms with van der Waals surface area (Å²) >= 11 is 0. The zero-order chi connectivity index (χ0) is 36.2. The van der Waals surface area contributed by atoms with Crippen molar-refractivity contribution in [1.29, 1.82) is 0 Å². The van der Waals surface area contributed by atoms with Crippen LogP contribution in [0.4, 0.5) is 4.79 Å². The van der Waals surface area contributed by atoms with E-state index in [0.29, 0.717) is 47.4 Å². The third-order valence-corrected chi connectivity index (χ3v) is 8.24. The first-order chi connectivity index (χ1) is 24.5. The standard InChI is InChI=1S/C37H36N6O8/c1-7-47-35-40-30-14-10-13-29(34(44)49-24(5)50-37(46)48-20-31-23(4)38-21(2)22(3)39-31)32(30)43(35)19-25-15-17-26(18-16-25)27-11-8-9-12-28(27)33-41-51-36(45)42(33)6/h8-18,24H,7,19-20H2,1-6H3. The second-order valence-electron chi connectivity index (χ2n) is 11.7.